The second-order valence-corrected chi connectivity index (χ2v) is 9.88. The summed E-state index contributed by atoms with van der Waals surface area (Å²) < 4.78 is 42.2. The Bertz CT molecular complexity index is 1300. The zero-order valence-electron chi connectivity index (χ0n) is 17.7. The fourth-order valence-corrected chi connectivity index (χ4v) is 5.81. The third kappa shape index (κ3) is 3.59. The molecule has 168 valence electrons. The van der Waals surface area contributed by atoms with E-state index in [1.54, 1.807) is 23.7 Å². The van der Waals surface area contributed by atoms with Crippen molar-refractivity contribution in [2.75, 3.05) is 26.3 Å². The highest BCUT2D eigenvalue weighted by molar-refractivity contribution is 7.89. The van der Waals surface area contributed by atoms with Crippen LogP contribution in [0.3, 0.4) is 0 Å². The van der Waals surface area contributed by atoms with Gasteiger partial charge >= 0.3 is 5.69 Å². The molecule has 1 unspecified atom stereocenters. The standard InChI is InChI=1S/C22H24N4O5S/c1-24-22(27)26(17-7-3-2-4-8-17)21(23-24)16-6-5-11-25(15-16)32(28,29)18-9-10-19-20(14-18)31-13-12-30-19/h2-4,7-10,14,16H,5-6,11-13,15H2,1H3. The van der Waals surface area contributed by atoms with Gasteiger partial charge in [0.1, 0.15) is 19.0 Å². The number of fused-ring (bicyclic) bond motifs is 1. The molecule has 0 bridgehead atoms. The van der Waals surface area contributed by atoms with Gasteiger partial charge in [0.2, 0.25) is 10.0 Å². The minimum Gasteiger partial charge on any atom is -0.486 e. The number of benzene rings is 2. The lowest BCUT2D eigenvalue weighted by atomic mass is 9.98. The Morgan fingerprint density at radius 3 is 2.56 bits per heavy atom. The number of aryl methyl sites for hydroxylation is 1. The molecule has 1 fully saturated rings. The number of ether oxygens (including phenoxy) is 2. The molecule has 0 N–H and O–H groups in total. The molecule has 3 aromatic rings. The summed E-state index contributed by atoms with van der Waals surface area (Å²) in [6, 6.07) is 14.0. The number of piperidine rings is 1. The first-order chi connectivity index (χ1) is 15.4. The van der Waals surface area contributed by atoms with E-state index in [1.165, 1.54) is 15.1 Å². The van der Waals surface area contributed by atoms with E-state index in [2.05, 4.69) is 5.10 Å². The maximum atomic E-state index is 13.4. The van der Waals surface area contributed by atoms with Gasteiger partial charge in [0, 0.05) is 32.1 Å². The molecule has 1 atom stereocenters. The van der Waals surface area contributed by atoms with Crippen LogP contribution in [0.15, 0.2) is 58.2 Å². The molecule has 0 aliphatic carbocycles. The topological polar surface area (TPSA) is 95.7 Å². The van der Waals surface area contributed by atoms with Crippen LogP contribution in [0, 0.1) is 0 Å². The summed E-state index contributed by atoms with van der Waals surface area (Å²) in [6.45, 7) is 1.49. The Labute approximate surface area is 185 Å². The first-order valence-electron chi connectivity index (χ1n) is 10.6. The monoisotopic (exact) mass is 456 g/mol. The van der Waals surface area contributed by atoms with E-state index >= 15 is 0 Å². The first kappa shape index (κ1) is 20.8. The van der Waals surface area contributed by atoms with Gasteiger partial charge in [-0.3, -0.25) is 0 Å². The normalized spacial score (nSPS) is 19.1. The minimum atomic E-state index is -3.74. The SMILES string of the molecule is Cn1nc(C2CCCN(S(=O)(=O)c3ccc4c(c3)OCCO4)C2)n(-c2ccccc2)c1=O. The van der Waals surface area contributed by atoms with Crippen molar-refractivity contribution in [3.8, 4) is 17.2 Å². The average molecular weight is 457 g/mol. The maximum absolute atomic E-state index is 13.4. The van der Waals surface area contributed by atoms with Crippen molar-refractivity contribution in [3.05, 3.63) is 64.8 Å². The van der Waals surface area contributed by atoms with Crippen molar-refractivity contribution >= 4 is 10.0 Å². The van der Waals surface area contributed by atoms with E-state index < -0.39 is 10.0 Å². The number of aromatic nitrogens is 3. The number of rotatable bonds is 4. The van der Waals surface area contributed by atoms with Crippen molar-refractivity contribution in [2.45, 2.75) is 23.7 Å². The lowest BCUT2D eigenvalue weighted by Gasteiger charge is -2.31. The van der Waals surface area contributed by atoms with E-state index in [1.807, 2.05) is 30.3 Å². The van der Waals surface area contributed by atoms with Crippen molar-refractivity contribution in [2.24, 2.45) is 7.05 Å². The number of hydrogen-bond donors (Lipinski definition) is 0. The first-order valence-corrected chi connectivity index (χ1v) is 12.0. The molecular formula is C22H24N4O5S. The molecule has 1 aromatic heterocycles. The zero-order chi connectivity index (χ0) is 22.3. The van der Waals surface area contributed by atoms with E-state index in [0.717, 1.165) is 6.42 Å². The highest BCUT2D eigenvalue weighted by Crippen LogP contribution is 2.35. The largest absolute Gasteiger partial charge is 0.486 e. The molecule has 1 saturated heterocycles. The van der Waals surface area contributed by atoms with E-state index in [4.69, 9.17) is 9.47 Å². The van der Waals surface area contributed by atoms with Gasteiger partial charge in [-0.05, 0) is 37.1 Å². The van der Waals surface area contributed by atoms with Gasteiger partial charge in [-0.2, -0.15) is 9.40 Å². The van der Waals surface area contributed by atoms with Crippen LogP contribution in [0.4, 0.5) is 0 Å². The van der Waals surface area contributed by atoms with Crippen molar-refractivity contribution in [1.29, 1.82) is 0 Å². The van der Waals surface area contributed by atoms with Crippen LogP contribution in [0.2, 0.25) is 0 Å². The summed E-state index contributed by atoms with van der Waals surface area (Å²) in [5.41, 5.74) is 0.463. The van der Waals surface area contributed by atoms with Gasteiger partial charge in [0.05, 0.1) is 10.6 Å². The van der Waals surface area contributed by atoms with Gasteiger partial charge in [-0.15, -0.1) is 0 Å². The highest BCUT2D eigenvalue weighted by atomic mass is 32.2. The van der Waals surface area contributed by atoms with E-state index in [0.29, 0.717) is 49.2 Å². The van der Waals surface area contributed by atoms with Crippen molar-refractivity contribution in [1.82, 2.24) is 18.7 Å². The van der Waals surface area contributed by atoms with Gasteiger partial charge < -0.3 is 9.47 Å². The second kappa shape index (κ2) is 8.10. The molecule has 10 heteroatoms. The van der Waals surface area contributed by atoms with Gasteiger partial charge in [-0.25, -0.2) is 22.5 Å². The van der Waals surface area contributed by atoms with Crippen molar-refractivity contribution < 1.29 is 17.9 Å². The minimum absolute atomic E-state index is 0.170. The Kier molecular flexibility index (Phi) is 5.26. The molecular weight excluding hydrogens is 432 g/mol. The van der Waals surface area contributed by atoms with Crippen LogP contribution >= 0.6 is 0 Å². The van der Waals surface area contributed by atoms with Gasteiger partial charge in [-0.1, -0.05) is 18.2 Å². The molecule has 0 amide bonds. The maximum Gasteiger partial charge on any atom is 0.350 e. The Hall–Kier alpha value is -3.11. The fraction of sp³-hybridized carbons (Fsp3) is 0.364. The summed E-state index contributed by atoms with van der Waals surface area (Å²) in [4.78, 5) is 12.9. The molecule has 0 radical (unpaired) electrons. The molecule has 0 saturated carbocycles. The van der Waals surface area contributed by atoms with E-state index in [-0.39, 0.29) is 23.0 Å². The molecule has 9 nitrogen and oxygen atoms in total. The lowest BCUT2D eigenvalue weighted by molar-refractivity contribution is 0.171. The molecule has 32 heavy (non-hydrogen) atoms. The van der Waals surface area contributed by atoms with Crippen LogP contribution < -0.4 is 15.2 Å². The highest BCUT2D eigenvalue weighted by Gasteiger charge is 2.34. The third-order valence-corrected chi connectivity index (χ3v) is 7.73. The van der Waals surface area contributed by atoms with E-state index in [9.17, 15) is 13.2 Å². The van der Waals surface area contributed by atoms with Gasteiger partial charge in [0.15, 0.2) is 11.5 Å². The summed E-state index contributed by atoms with van der Waals surface area (Å²) in [6.07, 6.45) is 1.42. The quantitative estimate of drug-likeness (QED) is 0.595. The molecule has 5 rings (SSSR count). The van der Waals surface area contributed by atoms with Crippen LogP contribution in [-0.4, -0.2) is 53.4 Å². The fourth-order valence-electron chi connectivity index (χ4n) is 4.27. The molecule has 3 heterocycles. The number of nitrogens with zero attached hydrogens (tertiary/aromatic N) is 4. The van der Waals surface area contributed by atoms with Crippen molar-refractivity contribution in [3.63, 3.8) is 0 Å². The average Bonchev–Trinajstić information content (AvgIpc) is 3.13. The van der Waals surface area contributed by atoms with Crippen LogP contribution in [-0.2, 0) is 17.1 Å². The lowest BCUT2D eigenvalue weighted by Crippen LogP contribution is -2.40. The van der Waals surface area contributed by atoms with Crippen LogP contribution in [0.25, 0.3) is 5.69 Å². The molecule has 2 aliphatic rings. The number of hydrogen-bond acceptors (Lipinski definition) is 6. The predicted octanol–water partition coefficient (Wildman–Crippen LogP) is 1.91. The third-order valence-electron chi connectivity index (χ3n) is 5.86. The smallest absolute Gasteiger partial charge is 0.350 e. The van der Waals surface area contributed by atoms with Crippen LogP contribution in [0.1, 0.15) is 24.6 Å². The van der Waals surface area contributed by atoms with Gasteiger partial charge in [0.25, 0.3) is 0 Å². The second-order valence-electron chi connectivity index (χ2n) is 7.94. The Balaban J connectivity index is 1.47. The molecule has 2 aromatic carbocycles. The summed E-state index contributed by atoms with van der Waals surface area (Å²) >= 11 is 0. The Morgan fingerprint density at radius 1 is 1.03 bits per heavy atom. The zero-order valence-corrected chi connectivity index (χ0v) is 18.5. The Morgan fingerprint density at radius 2 is 1.78 bits per heavy atom. The summed E-state index contributed by atoms with van der Waals surface area (Å²) in [7, 11) is -2.13. The predicted molar refractivity (Wildman–Crippen MR) is 117 cm³/mol. The summed E-state index contributed by atoms with van der Waals surface area (Å²) in [5.74, 6) is 1.36. The van der Waals surface area contributed by atoms with Crippen LogP contribution in [0.5, 0.6) is 11.5 Å². The molecule has 2 aliphatic heterocycles. The summed E-state index contributed by atoms with van der Waals surface area (Å²) in [5, 5.41) is 4.47. The number of sulfonamides is 1. The molecule has 0 spiro atoms. The number of para-hydroxylation sites is 1.